The van der Waals surface area contributed by atoms with Gasteiger partial charge in [0.25, 0.3) is 5.91 Å². The van der Waals surface area contributed by atoms with E-state index in [0.29, 0.717) is 17.0 Å². The molecule has 30 heavy (non-hydrogen) atoms. The Kier molecular flexibility index (Phi) is 6.44. The van der Waals surface area contributed by atoms with Crippen molar-refractivity contribution in [3.63, 3.8) is 0 Å². The van der Waals surface area contributed by atoms with Gasteiger partial charge in [-0.05, 0) is 84.7 Å². The third-order valence-corrected chi connectivity index (χ3v) is 6.42. The Morgan fingerprint density at radius 1 is 1.13 bits per heavy atom. The number of carbonyl (C=O) groups excluding carboxylic acids is 1. The average molecular weight is 491 g/mol. The van der Waals surface area contributed by atoms with Crippen LogP contribution in [-0.4, -0.2) is 33.1 Å². The number of hydrogen-bond acceptors (Lipinski definition) is 5. The van der Waals surface area contributed by atoms with E-state index in [-0.39, 0.29) is 10.8 Å². The molecule has 0 fully saturated rings. The molecule has 3 rings (SSSR count). The van der Waals surface area contributed by atoms with Crippen molar-refractivity contribution in [2.45, 2.75) is 25.7 Å². The summed E-state index contributed by atoms with van der Waals surface area (Å²) in [7, 11) is -3.80. The van der Waals surface area contributed by atoms with Gasteiger partial charge in [-0.1, -0.05) is 6.07 Å². The summed E-state index contributed by atoms with van der Waals surface area (Å²) in [6, 6.07) is 11.7. The summed E-state index contributed by atoms with van der Waals surface area (Å²) in [6.45, 7) is 7.78. The highest BCUT2D eigenvalue weighted by atomic mass is 79.9. The Morgan fingerprint density at radius 2 is 1.77 bits per heavy atom. The summed E-state index contributed by atoms with van der Waals surface area (Å²) in [5, 5.41) is 10.7. The molecule has 1 heterocycles. The molecule has 158 valence electrons. The SMILES string of the molecule is CCN(CC)c1ccc(/C=C2\C(=O)N(c3ccc(S(N)(=O)=O)cc3)N=C2C)cc1Br. The normalized spacial score (nSPS) is 15.6. The third-order valence-electron chi connectivity index (χ3n) is 4.86. The summed E-state index contributed by atoms with van der Waals surface area (Å²) < 4.78 is 23.8. The van der Waals surface area contributed by atoms with Crippen LogP contribution in [0.25, 0.3) is 6.08 Å². The first kappa shape index (κ1) is 22.2. The molecule has 0 aromatic heterocycles. The largest absolute Gasteiger partial charge is 0.371 e. The number of carbonyl (C=O) groups is 1. The van der Waals surface area contributed by atoms with Crippen LogP contribution in [0.5, 0.6) is 0 Å². The molecule has 0 bridgehead atoms. The molecule has 0 saturated carbocycles. The van der Waals surface area contributed by atoms with Crippen molar-refractivity contribution in [1.29, 1.82) is 0 Å². The molecular weight excluding hydrogens is 468 g/mol. The predicted molar refractivity (Wildman–Crippen MR) is 124 cm³/mol. The zero-order valence-electron chi connectivity index (χ0n) is 17.0. The first-order valence-corrected chi connectivity index (χ1v) is 11.8. The van der Waals surface area contributed by atoms with Gasteiger partial charge in [-0.3, -0.25) is 4.79 Å². The highest BCUT2D eigenvalue weighted by Gasteiger charge is 2.29. The number of hydrogen-bond donors (Lipinski definition) is 1. The Balaban J connectivity index is 1.88. The van der Waals surface area contributed by atoms with E-state index < -0.39 is 10.0 Å². The van der Waals surface area contributed by atoms with Gasteiger partial charge >= 0.3 is 0 Å². The maximum Gasteiger partial charge on any atom is 0.280 e. The fourth-order valence-corrected chi connectivity index (χ4v) is 4.40. The van der Waals surface area contributed by atoms with Gasteiger partial charge in [0, 0.05) is 17.6 Å². The molecule has 0 atom stereocenters. The summed E-state index contributed by atoms with van der Waals surface area (Å²) in [4.78, 5) is 15.2. The van der Waals surface area contributed by atoms with Crippen LogP contribution in [0.1, 0.15) is 26.3 Å². The van der Waals surface area contributed by atoms with Gasteiger partial charge in [-0.25, -0.2) is 13.6 Å². The van der Waals surface area contributed by atoms with Crippen molar-refractivity contribution in [3.05, 3.63) is 58.1 Å². The van der Waals surface area contributed by atoms with Gasteiger partial charge in [-0.15, -0.1) is 0 Å². The second-order valence-corrected chi connectivity index (χ2v) is 9.20. The molecule has 0 radical (unpaired) electrons. The molecule has 0 aliphatic carbocycles. The minimum atomic E-state index is -3.80. The third kappa shape index (κ3) is 4.48. The number of hydrazone groups is 1. The van der Waals surface area contributed by atoms with Gasteiger partial charge in [-0.2, -0.15) is 10.1 Å². The average Bonchev–Trinajstić information content (AvgIpc) is 2.98. The Hall–Kier alpha value is -2.49. The smallest absolute Gasteiger partial charge is 0.280 e. The molecule has 0 unspecified atom stereocenters. The van der Waals surface area contributed by atoms with Crippen molar-refractivity contribution in [2.24, 2.45) is 10.2 Å². The number of halogens is 1. The monoisotopic (exact) mass is 490 g/mol. The molecule has 9 heteroatoms. The zero-order valence-corrected chi connectivity index (χ0v) is 19.4. The predicted octanol–water partition coefficient (Wildman–Crippen LogP) is 3.75. The van der Waals surface area contributed by atoms with Crippen LogP contribution in [0.15, 0.2) is 62.5 Å². The van der Waals surface area contributed by atoms with Crippen LogP contribution in [0.4, 0.5) is 11.4 Å². The molecule has 2 N–H and O–H groups in total. The van der Waals surface area contributed by atoms with Crippen molar-refractivity contribution in [2.75, 3.05) is 23.0 Å². The highest BCUT2D eigenvalue weighted by Crippen LogP contribution is 2.30. The topological polar surface area (TPSA) is 96.1 Å². The number of sulfonamides is 1. The number of rotatable bonds is 6. The zero-order chi connectivity index (χ0) is 22.1. The van der Waals surface area contributed by atoms with Crippen molar-refractivity contribution in [3.8, 4) is 0 Å². The molecular formula is C21H23BrN4O3S. The van der Waals surface area contributed by atoms with Gasteiger partial charge in [0.15, 0.2) is 0 Å². The number of anilines is 2. The Morgan fingerprint density at radius 3 is 2.30 bits per heavy atom. The molecule has 0 saturated heterocycles. The van der Waals surface area contributed by atoms with Crippen LogP contribution in [0.3, 0.4) is 0 Å². The standard InChI is InChI=1S/C21H23BrN4O3S/c1-4-25(5-2)20-11-6-15(13-19(20)22)12-18-14(3)24-26(21(18)27)16-7-9-17(10-8-16)30(23,28)29/h6-13H,4-5H2,1-3H3,(H2,23,28,29)/b18-12-. The fraction of sp³-hybridized carbons (Fsp3) is 0.238. The number of benzene rings is 2. The molecule has 7 nitrogen and oxygen atoms in total. The second-order valence-electron chi connectivity index (χ2n) is 6.78. The van der Waals surface area contributed by atoms with E-state index in [1.54, 1.807) is 13.0 Å². The minimum absolute atomic E-state index is 0.0208. The van der Waals surface area contributed by atoms with Gasteiger partial charge in [0.2, 0.25) is 10.0 Å². The Bertz CT molecular complexity index is 1140. The van der Waals surface area contributed by atoms with Gasteiger partial charge < -0.3 is 4.90 Å². The lowest BCUT2D eigenvalue weighted by molar-refractivity contribution is -0.114. The summed E-state index contributed by atoms with van der Waals surface area (Å²) in [6.07, 6.45) is 1.80. The van der Waals surface area contributed by atoms with Crippen LogP contribution in [0, 0.1) is 0 Å². The second kappa shape index (κ2) is 8.71. The summed E-state index contributed by atoms with van der Waals surface area (Å²) in [5.41, 5.74) is 3.50. The molecule has 1 aliphatic rings. The first-order chi connectivity index (χ1) is 14.2. The first-order valence-electron chi connectivity index (χ1n) is 9.44. The lowest BCUT2D eigenvalue weighted by atomic mass is 10.1. The summed E-state index contributed by atoms with van der Waals surface area (Å²) >= 11 is 3.62. The van der Waals surface area contributed by atoms with Crippen molar-refractivity contribution < 1.29 is 13.2 Å². The number of nitrogens with zero attached hydrogens (tertiary/aromatic N) is 3. The number of primary sulfonamides is 1. The van der Waals surface area contributed by atoms with E-state index >= 15 is 0 Å². The van der Waals surface area contributed by atoms with Crippen LogP contribution < -0.4 is 15.0 Å². The molecule has 2 aromatic carbocycles. The molecule has 1 aliphatic heterocycles. The number of nitrogens with two attached hydrogens (primary N) is 1. The van der Waals surface area contributed by atoms with E-state index in [1.165, 1.54) is 29.3 Å². The van der Waals surface area contributed by atoms with E-state index in [4.69, 9.17) is 5.14 Å². The van der Waals surface area contributed by atoms with Crippen molar-refractivity contribution in [1.82, 2.24) is 0 Å². The lowest BCUT2D eigenvalue weighted by Gasteiger charge is -2.22. The quantitative estimate of drug-likeness (QED) is 0.623. The molecule has 0 spiro atoms. The van der Waals surface area contributed by atoms with Crippen molar-refractivity contribution >= 4 is 55.0 Å². The van der Waals surface area contributed by atoms with E-state index in [9.17, 15) is 13.2 Å². The highest BCUT2D eigenvalue weighted by molar-refractivity contribution is 9.10. The van der Waals surface area contributed by atoms with E-state index in [1.807, 2.05) is 18.2 Å². The molecule has 1 amide bonds. The van der Waals surface area contributed by atoms with Gasteiger partial charge in [0.05, 0.1) is 27.6 Å². The molecule has 2 aromatic rings. The fourth-order valence-electron chi connectivity index (χ4n) is 3.24. The van der Waals surface area contributed by atoms with Crippen LogP contribution in [0.2, 0.25) is 0 Å². The minimum Gasteiger partial charge on any atom is -0.371 e. The van der Waals surface area contributed by atoms with Crippen LogP contribution >= 0.6 is 15.9 Å². The Labute approximate surface area is 185 Å². The van der Waals surface area contributed by atoms with Crippen LogP contribution in [-0.2, 0) is 14.8 Å². The summed E-state index contributed by atoms with van der Waals surface area (Å²) in [5.74, 6) is -0.278. The maximum absolute atomic E-state index is 12.9. The maximum atomic E-state index is 12.9. The lowest BCUT2D eigenvalue weighted by Crippen LogP contribution is -2.22. The van der Waals surface area contributed by atoms with E-state index in [2.05, 4.69) is 39.8 Å². The number of amides is 1. The van der Waals surface area contributed by atoms with Gasteiger partial charge in [0.1, 0.15) is 0 Å². The van der Waals surface area contributed by atoms with E-state index in [0.717, 1.165) is 28.8 Å².